The number of rotatable bonds is 13. The van der Waals surface area contributed by atoms with Gasteiger partial charge >= 0.3 is 11.9 Å². The predicted octanol–water partition coefficient (Wildman–Crippen LogP) is 4.70. The lowest BCUT2D eigenvalue weighted by Crippen LogP contribution is -2.38. The van der Waals surface area contributed by atoms with Crippen LogP contribution in [0.1, 0.15) is 35.8 Å². The summed E-state index contributed by atoms with van der Waals surface area (Å²) in [7, 11) is 1.61. The van der Waals surface area contributed by atoms with Crippen molar-refractivity contribution in [1.82, 2.24) is 19.5 Å². The van der Waals surface area contributed by atoms with Crippen molar-refractivity contribution >= 4 is 29.1 Å². The normalized spacial score (nSPS) is 12.1. The number of hydrogen-bond acceptors (Lipinski definition) is 8. The molecule has 5 aromatic rings. The van der Waals surface area contributed by atoms with Gasteiger partial charge in [-0.05, 0) is 35.2 Å². The van der Waals surface area contributed by atoms with Gasteiger partial charge in [-0.1, -0.05) is 72.8 Å². The summed E-state index contributed by atoms with van der Waals surface area (Å²) in [5.41, 5.74) is 2.39. The highest BCUT2D eigenvalue weighted by molar-refractivity contribution is 5.76. The Morgan fingerprint density at radius 2 is 1.52 bits per heavy atom. The van der Waals surface area contributed by atoms with Gasteiger partial charge in [0.1, 0.15) is 16.8 Å². The number of fused-ring (bicyclic) bond motifs is 1. The van der Waals surface area contributed by atoms with Crippen LogP contribution in [0, 0.1) is 0 Å². The minimum Gasteiger partial charge on any atom is -0.497 e. The van der Waals surface area contributed by atoms with Crippen LogP contribution in [0.3, 0.4) is 0 Å². The van der Waals surface area contributed by atoms with E-state index >= 15 is 0 Å². The number of nitrogens with one attached hydrogen (secondary N) is 1. The lowest BCUT2D eigenvalue weighted by molar-refractivity contribution is -0.157. The molecule has 214 valence electrons. The zero-order valence-corrected chi connectivity index (χ0v) is 22.8. The molecule has 0 saturated heterocycles. The van der Waals surface area contributed by atoms with Crippen LogP contribution < -0.4 is 10.1 Å². The quantitative estimate of drug-likeness (QED) is 0.135. The maximum absolute atomic E-state index is 12.1. The van der Waals surface area contributed by atoms with Crippen LogP contribution in [0.5, 0.6) is 5.75 Å². The Morgan fingerprint density at radius 1 is 0.905 bits per heavy atom. The van der Waals surface area contributed by atoms with Crippen LogP contribution in [0.4, 0.5) is 5.95 Å². The lowest BCUT2D eigenvalue weighted by atomic mass is 9.77. The van der Waals surface area contributed by atoms with Crippen molar-refractivity contribution in [1.29, 1.82) is 0 Å². The van der Waals surface area contributed by atoms with Crippen molar-refractivity contribution in [3.8, 4) is 5.75 Å². The largest absolute Gasteiger partial charge is 0.497 e. The second-order valence-corrected chi connectivity index (χ2v) is 9.45. The molecule has 1 unspecified atom stereocenters. The van der Waals surface area contributed by atoms with E-state index in [0.29, 0.717) is 11.3 Å². The van der Waals surface area contributed by atoms with Crippen molar-refractivity contribution in [2.24, 2.45) is 0 Å². The molecule has 0 saturated carbocycles. The van der Waals surface area contributed by atoms with Crippen molar-refractivity contribution < 1.29 is 29.3 Å². The van der Waals surface area contributed by atoms with Gasteiger partial charge in [-0.25, -0.2) is 14.8 Å². The van der Waals surface area contributed by atoms with Gasteiger partial charge in [0, 0.05) is 6.42 Å². The number of nitrogens with zero attached hydrogens (tertiary/aromatic N) is 4. The molecule has 3 N–H and O–H groups in total. The molecular weight excluding hydrogens is 538 g/mol. The van der Waals surface area contributed by atoms with E-state index in [1.54, 1.807) is 7.11 Å². The summed E-state index contributed by atoms with van der Waals surface area (Å²) in [5.74, 6) is -1.32. The van der Waals surface area contributed by atoms with Gasteiger partial charge in [-0.2, -0.15) is 4.98 Å². The maximum Gasteiger partial charge on any atom is 0.354 e. The van der Waals surface area contributed by atoms with E-state index in [2.05, 4.69) is 15.3 Å². The van der Waals surface area contributed by atoms with E-state index in [9.17, 15) is 14.7 Å². The molecule has 0 bridgehead atoms. The van der Waals surface area contributed by atoms with Crippen LogP contribution >= 0.6 is 0 Å². The topological polar surface area (TPSA) is 149 Å². The first-order chi connectivity index (χ1) is 20.4. The zero-order valence-electron chi connectivity index (χ0n) is 22.8. The number of ether oxygens (including phenoxy) is 2. The number of carboxylic acid groups (broad SMARTS) is 2. The van der Waals surface area contributed by atoms with Gasteiger partial charge in [0.2, 0.25) is 12.2 Å². The van der Waals surface area contributed by atoms with Crippen LogP contribution in [0.2, 0.25) is 0 Å². The fourth-order valence-electron chi connectivity index (χ4n) is 4.85. The third kappa shape index (κ3) is 5.77. The molecule has 5 rings (SSSR count). The van der Waals surface area contributed by atoms with E-state index in [4.69, 9.17) is 19.6 Å². The molecule has 3 aromatic carbocycles. The first kappa shape index (κ1) is 28.2. The van der Waals surface area contributed by atoms with Gasteiger partial charge < -0.3 is 25.0 Å². The van der Waals surface area contributed by atoms with Crippen LogP contribution in [0.15, 0.2) is 97.5 Å². The number of benzene rings is 3. The van der Waals surface area contributed by atoms with Crippen LogP contribution in [-0.4, -0.2) is 55.4 Å². The molecule has 0 fully saturated rings. The monoisotopic (exact) mass is 567 g/mol. The molecule has 1 atom stereocenters. The van der Waals surface area contributed by atoms with Gasteiger partial charge in [0.25, 0.3) is 0 Å². The number of methoxy groups -OCH3 is 1. The van der Waals surface area contributed by atoms with Crippen LogP contribution in [-0.2, 0) is 19.9 Å². The van der Waals surface area contributed by atoms with E-state index in [1.807, 2.05) is 84.9 Å². The fraction of sp³-hybridized carbons (Fsp3) is 0.194. The summed E-state index contributed by atoms with van der Waals surface area (Å²) in [4.78, 5) is 36.5. The number of hydrogen-bond donors (Lipinski definition) is 3. The lowest BCUT2D eigenvalue weighted by Gasteiger charge is -2.37. The fourth-order valence-corrected chi connectivity index (χ4v) is 4.85. The Hall–Kier alpha value is -5.29. The summed E-state index contributed by atoms with van der Waals surface area (Å²) >= 11 is 0. The summed E-state index contributed by atoms with van der Waals surface area (Å²) in [6.07, 6.45) is 1.40. The highest BCUT2D eigenvalue weighted by atomic mass is 16.5. The van der Waals surface area contributed by atoms with Gasteiger partial charge in [-0.15, -0.1) is 0 Å². The first-order valence-corrected chi connectivity index (χ1v) is 13.2. The van der Waals surface area contributed by atoms with Crippen molar-refractivity contribution in [2.75, 3.05) is 19.0 Å². The molecule has 0 aliphatic rings. The Balaban J connectivity index is 1.61. The Labute approximate surface area is 241 Å². The highest BCUT2D eigenvalue weighted by Gasteiger charge is 2.37. The molecule has 42 heavy (non-hydrogen) atoms. The summed E-state index contributed by atoms with van der Waals surface area (Å²) in [5, 5.41) is 22.4. The molecule has 0 aliphatic carbocycles. The van der Waals surface area contributed by atoms with Gasteiger partial charge in [0.05, 0.1) is 26.2 Å². The number of carboxylic acids is 2. The second kappa shape index (κ2) is 12.5. The SMILES string of the molecule is COc1ccc(C(Nc2ncc3ncn(C(OCCCC(=O)O)C(=O)O)c3n2)(c2ccccc2)c2ccccc2)cc1. The molecule has 0 amide bonds. The minimum atomic E-state index is -1.46. The molecular formula is C31H29N5O6. The number of aromatic nitrogens is 4. The smallest absolute Gasteiger partial charge is 0.354 e. The van der Waals surface area contributed by atoms with E-state index in [1.165, 1.54) is 17.1 Å². The zero-order chi connectivity index (χ0) is 29.5. The predicted molar refractivity (Wildman–Crippen MR) is 154 cm³/mol. The third-order valence-electron chi connectivity index (χ3n) is 6.83. The molecule has 11 nitrogen and oxygen atoms in total. The molecule has 2 heterocycles. The minimum absolute atomic E-state index is 0.0677. The van der Waals surface area contributed by atoms with E-state index in [-0.39, 0.29) is 31.0 Å². The molecule has 0 aliphatic heterocycles. The van der Waals surface area contributed by atoms with Crippen molar-refractivity contribution in [2.45, 2.75) is 24.6 Å². The van der Waals surface area contributed by atoms with Crippen LogP contribution in [0.25, 0.3) is 11.2 Å². The Kier molecular flexibility index (Phi) is 8.39. The Bertz CT molecular complexity index is 1620. The number of anilines is 1. The van der Waals surface area contributed by atoms with E-state index < -0.39 is 23.7 Å². The second-order valence-electron chi connectivity index (χ2n) is 9.45. The number of imidazole rings is 1. The summed E-state index contributed by atoms with van der Waals surface area (Å²) in [6, 6.07) is 27.5. The van der Waals surface area contributed by atoms with E-state index in [0.717, 1.165) is 16.7 Å². The van der Waals surface area contributed by atoms with Gasteiger partial charge in [0.15, 0.2) is 5.65 Å². The third-order valence-corrected chi connectivity index (χ3v) is 6.83. The van der Waals surface area contributed by atoms with Crippen molar-refractivity contribution in [3.63, 3.8) is 0 Å². The summed E-state index contributed by atoms with van der Waals surface area (Å²) < 4.78 is 12.3. The number of carbonyl (C=O) groups is 2. The molecule has 0 radical (unpaired) electrons. The summed E-state index contributed by atoms with van der Waals surface area (Å²) in [6.45, 7) is -0.0677. The maximum atomic E-state index is 12.1. The van der Waals surface area contributed by atoms with Gasteiger partial charge in [-0.3, -0.25) is 9.36 Å². The highest BCUT2D eigenvalue weighted by Crippen LogP contribution is 2.40. The molecule has 2 aromatic heterocycles. The Morgan fingerprint density at radius 3 is 2.10 bits per heavy atom. The standard InChI is InChI=1S/C31H29N5O6/c1-41-24-16-14-23(15-17-24)31(21-9-4-2-5-10-21,22-11-6-3-7-12-22)35-30-32-19-25-27(34-30)36(20-33-25)28(29(39)40)42-18-8-13-26(37)38/h2-7,9-12,14-17,19-20,28H,8,13,18H2,1H3,(H,37,38)(H,39,40)(H,32,34,35). The van der Waals surface area contributed by atoms with Crippen molar-refractivity contribution in [3.05, 3.63) is 114 Å². The first-order valence-electron chi connectivity index (χ1n) is 13.2. The average molecular weight is 568 g/mol. The average Bonchev–Trinajstić information content (AvgIpc) is 3.43. The molecule has 11 heteroatoms. The molecule has 0 spiro atoms. The number of aliphatic carboxylic acids is 2.